The third-order valence-electron chi connectivity index (χ3n) is 18.7. The van der Waals surface area contributed by atoms with Crippen LogP contribution in [0.5, 0.6) is 0 Å². The average molecular weight is 1540 g/mol. The third kappa shape index (κ3) is 21.2. The van der Waals surface area contributed by atoms with Crippen molar-refractivity contribution in [3.63, 3.8) is 0 Å². The number of benzene rings is 8. The van der Waals surface area contributed by atoms with Crippen LogP contribution in [-0.4, -0.2) is 163 Å². The second kappa shape index (κ2) is 36.7. The molecule has 2 fully saturated rings. The highest BCUT2D eigenvalue weighted by atomic mass is 35.5. The van der Waals surface area contributed by atoms with E-state index in [0.29, 0.717) is 120 Å². The van der Waals surface area contributed by atoms with Gasteiger partial charge in [0.25, 0.3) is 17.7 Å². The van der Waals surface area contributed by atoms with Crippen LogP contribution >= 0.6 is 23.2 Å². The standard InChI is InChI=1S/C31H33N5O3.C30H31N5O3.C24H25Cl2N5O3/c1-35(2)29-26(20-28(37)38)30(36-16-6-3-7-17-36)34-27(33-29)18-21-10-14-25(15-11-21)32-31(39)24-13-12-22-8-4-5-9-23(22)19-24;1-34(2)28-25(19-27(36)37)29(35-15-5-6-16-35)33-26(32-28)17-20-9-13-24(14-10-20)31-30(38)23-12-11-21-7-3-4-8-22(21)18-23;1-30(2)22-17(13-21(32)33)23(31(3)4)29-20(28-22)11-14-5-8-16(9-6-14)27-24(34)15-7-10-18(25)19(26)12-15/h4-5,8-15,19H,3,6-7,16-18,20H2,1-2H3,(H,32,39)(H,37,38);3-4,7-14,18H,5-6,15-17,19H2,1-2H3,(H,31,38)(H,36,37);5-10,12H,11,13H2,1-4H3,(H,27,34)(H,32,33). The number of aromatic nitrogens is 6. The number of fused-ring (bicyclic) bond motifs is 2. The van der Waals surface area contributed by atoms with Gasteiger partial charge < -0.3 is 60.7 Å². The number of amides is 3. The van der Waals surface area contributed by atoms with Crippen molar-refractivity contribution < 1.29 is 44.1 Å². The molecule has 0 aliphatic carbocycles. The Morgan fingerprint density at radius 1 is 0.351 bits per heavy atom. The molecule has 0 saturated carbocycles. The number of halogens is 2. The molecule has 2 aliphatic rings. The SMILES string of the molecule is CN(C)c1nc(Cc2ccc(NC(=O)c3ccc(Cl)c(Cl)c3)cc2)nc(N(C)C)c1CC(=O)O.CN(C)c1nc(Cc2ccc(NC(=O)c3ccc4ccccc4c3)cc2)nc(N2CCCC2)c1CC(=O)O.CN(C)c1nc(Cc2ccc(NC(=O)c3ccc4ccccc4c3)cc2)nc(N2CCCCC2)c1CC(=O)O. The third-order valence-corrected chi connectivity index (χ3v) is 19.4. The van der Waals surface area contributed by atoms with E-state index in [2.05, 4.69) is 35.7 Å². The second-order valence-corrected chi connectivity index (χ2v) is 28.9. The van der Waals surface area contributed by atoms with Gasteiger partial charge in [0.2, 0.25) is 0 Å². The van der Waals surface area contributed by atoms with Gasteiger partial charge in [0.15, 0.2) is 0 Å². The van der Waals surface area contributed by atoms with Gasteiger partial charge in [0.1, 0.15) is 52.4 Å². The van der Waals surface area contributed by atoms with E-state index in [1.54, 1.807) is 34.1 Å². The molecule has 3 amide bonds. The largest absolute Gasteiger partial charge is 0.481 e. The highest BCUT2D eigenvalue weighted by Crippen LogP contribution is 2.34. The Balaban J connectivity index is 0.000000165. The Hall–Kier alpha value is -12.3. The molecule has 13 rings (SSSR count). The maximum absolute atomic E-state index is 12.8. The molecule has 24 nitrogen and oxygen atoms in total. The summed E-state index contributed by atoms with van der Waals surface area (Å²) in [6.07, 6.45) is 6.45. The Kier molecular flexibility index (Phi) is 26.4. The summed E-state index contributed by atoms with van der Waals surface area (Å²) in [6.45, 7) is 3.45. The molecular formula is C85H89Cl2N15O9. The van der Waals surface area contributed by atoms with E-state index in [1.807, 2.05) is 212 Å². The highest BCUT2D eigenvalue weighted by molar-refractivity contribution is 6.42. The van der Waals surface area contributed by atoms with Crippen molar-refractivity contribution in [2.45, 2.75) is 70.6 Å². The van der Waals surface area contributed by atoms with Crippen LogP contribution in [-0.2, 0) is 52.9 Å². The topological polar surface area (TPSA) is 296 Å². The van der Waals surface area contributed by atoms with Crippen LogP contribution in [0.4, 0.5) is 52.0 Å². The lowest BCUT2D eigenvalue weighted by atomic mass is 10.1. The van der Waals surface area contributed by atoms with Crippen molar-refractivity contribution in [3.05, 3.63) is 254 Å². The van der Waals surface area contributed by atoms with Crippen molar-refractivity contribution in [1.29, 1.82) is 0 Å². The molecule has 26 heteroatoms. The molecule has 0 atom stereocenters. The quantitative estimate of drug-likeness (QED) is 0.0328. The first-order valence-corrected chi connectivity index (χ1v) is 37.2. The van der Waals surface area contributed by atoms with Gasteiger partial charge in [0, 0.05) is 152 Å². The van der Waals surface area contributed by atoms with Crippen molar-refractivity contribution in [1.82, 2.24) is 29.9 Å². The van der Waals surface area contributed by atoms with Gasteiger partial charge in [-0.2, -0.15) is 0 Å². The van der Waals surface area contributed by atoms with Crippen LogP contribution in [0.15, 0.2) is 176 Å². The molecule has 111 heavy (non-hydrogen) atoms. The zero-order chi connectivity index (χ0) is 79.0. The molecule has 0 unspecified atom stereocenters. The Morgan fingerprint density at radius 3 is 0.982 bits per heavy atom. The van der Waals surface area contributed by atoms with E-state index in [9.17, 15) is 44.1 Å². The minimum absolute atomic E-state index is 0.120. The summed E-state index contributed by atoms with van der Waals surface area (Å²) >= 11 is 11.9. The molecule has 572 valence electrons. The van der Waals surface area contributed by atoms with Gasteiger partial charge in [-0.05, 0) is 149 Å². The first-order chi connectivity index (χ1) is 53.3. The Bertz CT molecular complexity index is 5180. The molecule has 0 spiro atoms. The molecule has 2 aliphatic heterocycles. The molecule has 0 bridgehead atoms. The zero-order valence-electron chi connectivity index (χ0n) is 63.3. The average Bonchev–Trinajstić information content (AvgIpc) is 1.60. The Morgan fingerprint density at radius 2 is 0.649 bits per heavy atom. The molecule has 2 saturated heterocycles. The monoisotopic (exact) mass is 1530 g/mol. The van der Waals surface area contributed by atoms with Crippen LogP contribution in [0.25, 0.3) is 21.5 Å². The molecule has 11 aromatic rings. The maximum atomic E-state index is 12.8. The number of nitrogens with zero attached hydrogens (tertiary/aromatic N) is 12. The van der Waals surface area contributed by atoms with Crippen molar-refractivity contribution in [2.75, 3.05) is 128 Å². The smallest absolute Gasteiger partial charge is 0.308 e. The molecule has 5 heterocycles. The van der Waals surface area contributed by atoms with Gasteiger partial charge in [-0.1, -0.05) is 120 Å². The Labute approximate surface area is 654 Å². The summed E-state index contributed by atoms with van der Waals surface area (Å²) in [7, 11) is 14.8. The fourth-order valence-electron chi connectivity index (χ4n) is 13.3. The van der Waals surface area contributed by atoms with Gasteiger partial charge in [-0.3, -0.25) is 28.8 Å². The number of carbonyl (C=O) groups excluding carboxylic acids is 3. The predicted octanol–water partition coefficient (Wildman–Crippen LogP) is 14.3. The summed E-state index contributed by atoms with van der Waals surface area (Å²) in [5, 5.41) is 42.2. The number of rotatable bonds is 24. The number of anilines is 9. The number of piperidine rings is 1. The van der Waals surface area contributed by atoms with E-state index in [4.69, 9.17) is 43.1 Å². The second-order valence-electron chi connectivity index (χ2n) is 28.1. The van der Waals surface area contributed by atoms with E-state index < -0.39 is 17.9 Å². The number of carboxylic acids is 3. The van der Waals surface area contributed by atoms with Crippen LogP contribution < -0.4 is 45.3 Å². The summed E-state index contributed by atoms with van der Waals surface area (Å²) in [5.41, 5.74) is 8.46. The van der Waals surface area contributed by atoms with Crippen LogP contribution in [0.1, 0.15) is 114 Å². The summed E-state index contributed by atoms with van der Waals surface area (Å²) < 4.78 is 0. The van der Waals surface area contributed by atoms with Crippen molar-refractivity contribution >= 4 is 132 Å². The number of carbonyl (C=O) groups is 6. The lowest BCUT2D eigenvalue weighted by Crippen LogP contribution is -2.33. The van der Waals surface area contributed by atoms with Gasteiger partial charge in [-0.15, -0.1) is 0 Å². The highest BCUT2D eigenvalue weighted by Gasteiger charge is 2.28. The van der Waals surface area contributed by atoms with Crippen LogP contribution in [0, 0.1) is 0 Å². The summed E-state index contributed by atoms with van der Waals surface area (Å²) in [4.78, 5) is 113. The number of aliphatic carboxylic acids is 3. The number of carboxylic acid groups (broad SMARTS) is 3. The maximum Gasteiger partial charge on any atom is 0.308 e. The number of hydrogen-bond acceptors (Lipinski definition) is 18. The van der Waals surface area contributed by atoms with Gasteiger partial charge in [-0.25, -0.2) is 29.9 Å². The van der Waals surface area contributed by atoms with E-state index >= 15 is 0 Å². The fraction of sp³-hybridized carbons (Fsp3) is 0.271. The number of nitrogens with one attached hydrogen (secondary N) is 3. The molecule has 0 radical (unpaired) electrons. The summed E-state index contributed by atoms with van der Waals surface area (Å²) in [5.74, 6) is 2.36. The lowest BCUT2D eigenvalue weighted by molar-refractivity contribution is -0.137. The first kappa shape index (κ1) is 79.8. The summed E-state index contributed by atoms with van der Waals surface area (Å²) in [6, 6.07) is 54.7. The molecule has 6 N–H and O–H groups in total. The van der Waals surface area contributed by atoms with Crippen molar-refractivity contribution in [2.24, 2.45) is 0 Å². The van der Waals surface area contributed by atoms with E-state index in [-0.39, 0.29) is 37.0 Å². The molecular weight excluding hydrogens is 1450 g/mol. The predicted molar refractivity (Wildman–Crippen MR) is 441 cm³/mol. The van der Waals surface area contributed by atoms with E-state index in [1.165, 1.54) is 12.5 Å². The minimum Gasteiger partial charge on any atom is -0.481 e. The van der Waals surface area contributed by atoms with Crippen LogP contribution in [0.2, 0.25) is 10.0 Å². The van der Waals surface area contributed by atoms with Crippen molar-refractivity contribution in [3.8, 4) is 0 Å². The zero-order valence-corrected chi connectivity index (χ0v) is 64.8. The first-order valence-electron chi connectivity index (χ1n) is 36.5. The number of hydrogen-bond donors (Lipinski definition) is 6. The van der Waals surface area contributed by atoms with Gasteiger partial charge >= 0.3 is 17.9 Å². The van der Waals surface area contributed by atoms with E-state index in [0.717, 1.165) is 102 Å². The normalized spacial score (nSPS) is 12.4. The molecule has 8 aromatic carbocycles. The minimum atomic E-state index is -0.943. The van der Waals surface area contributed by atoms with Crippen LogP contribution in [0.3, 0.4) is 0 Å². The van der Waals surface area contributed by atoms with Gasteiger partial charge in [0.05, 0.1) is 29.3 Å². The molecule has 3 aromatic heterocycles. The lowest BCUT2D eigenvalue weighted by Gasteiger charge is -2.31. The fourth-order valence-corrected chi connectivity index (χ4v) is 13.6.